The lowest BCUT2D eigenvalue weighted by molar-refractivity contribution is 0.160. The Morgan fingerprint density at radius 3 is 2.32 bits per heavy atom. The first-order valence-corrected chi connectivity index (χ1v) is 13.3. The van der Waals surface area contributed by atoms with Crippen LogP contribution in [0.15, 0.2) is 48.5 Å². The lowest BCUT2D eigenvalue weighted by Crippen LogP contribution is -2.35. The van der Waals surface area contributed by atoms with Crippen LogP contribution in [0.2, 0.25) is 0 Å². The van der Waals surface area contributed by atoms with Crippen molar-refractivity contribution in [3.05, 3.63) is 87.6 Å². The number of pyridine rings is 1. The third-order valence-corrected chi connectivity index (χ3v) is 7.71. The van der Waals surface area contributed by atoms with Crippen LogP contribution in [0, 0.1) is 19.8 Å². The maximum absolute atomic E-state index is 5.20. The molecule has 2 aromatic carbocycles. The molecule has 2 nitrogen and oxygen atoms in total. The van der Waals surface area contributed by atoms with Gasteiger partial charge in [-0.05, 0) is 91.3 Å². The number of hydrogen-bond donors (Lipinski definition) is 0. The van der Waals surface area contributed by atoms with Crippen LogP contribution < -0.4 is 0 Å². The summed E-state index contributed by atoms with van der Waals surface area (Å²) < 4.78 is 0. The molecule has 4 rings (SSSR count). The van der Waals surface area contributed by atoms with Crippen LogP contribution in [0.1, 0.15) is 85.7 Å². The van der Waals surface area contributed by atoms with E-state index in [0.717, 1.165) is 44.0 Å². The first-order valence-electron chi connectivity index (χ1n) is 13.3. The zero-order valence-corrected chi connectivity index (χ0v) is 22.1. The van der Waals surface area contributed by atoms with Gasteiger partial charge < -0.3 is 0 Å². The van der Waals surface area contributed by atoms with Crippen molar-refractivity contribution in [1.29, 1.82) is 0 Å². The van der Waals surface area contributed by atoms with E-state index in [1.165, 1.54) is 51.9 Å². The van der Waals surface area contributed by atoms with Gasteiger partial charge in [-0.15, -0.1) is 0 Å². The fourth-order valence-corrected chi connectivity index (χ4v) is 5.72. The summed E-state index contributed by atoms with van der Waals surface area (Å²) in [6.45, 7) is 15.8. The largest absolute Gasteiger partial charge is 0.292 e. The minimum Gasteiger partial charge on any atom is -0.292 e. The van der Waals surface area contributed by atoms with Gasteiger partial charge in [0.1, 0.15) is 0 Å². The summed E-state index contributed by atoms with van der Waals surface area (Å²) in [7, 11) is 0. The quantitative estimate of drug-likeness (QED) is 0.342. The van der Waals surface area contributed by atoms with Crippen molar-refractivity contribution in [3.63, 3.8) is 0 Å². The molecular weight excluding hydrogens is 412 g/mol. The molecule has 0 N–H and O–H groups in total. The highest BCUT2D eigenvalue weighted by Gasteiger charge is 2.28. The van der Waals surface area contributed by atoms with Crippen molar-refractivity contribution in [2.75, 3.05) is 6.54 Å². The van der Waals surface area contributed by atoms with Crippen LogP contribution in [-0.4, -0.2) is 16.4 Å². The Morgan fingerprint density at radius 1 is 0.971 bits per heavy atom. The molecule has 0 fully saturated rings. The molecular formula is C32H42N2. The van der Waals surface area contributed by atoms with Crippen molar-refractivity contribution in [1.82, 2.24) is 9.88 Å². The number of fused-ring (bicyclic) bond motifs is 1. The van der Waals surface area contributed by atoms with Crippen molar-refractivity contribution >= 4 is 0 Å². The number of aromatic nitrogens is 1. The molecule has 0 spiro atoms. The SMILES string of the molecule is CCc1cccc(CC)c1-c1cc(C)c(CN2CCc3ccccc3C2CCC(C)C)c(C)n1. The van der Waals surface area contributed by atoms with Crippen LogP contribution in [0.5, 0.6) is 0 Å². The summed E-state index contributed by atoms with van der Waals surface area (Å²) in [4.78, 5) is 7.92. The Hall–Kier alpha value is -2.45. The van der Waals surface area contributed by atoms with Crippen LogP contribution in [0.3, 0.4) is 0 Å². The molecule has 0 radical (unpaired) electrons. The molecule has 180 valence electrons. The zero-order valence-electron chi connectivity index (χ0n) is 22.1. The fourth-order valence-electron chi connectivity index (χ4n) is 5.72. The molecule has 0 saturated carbocycles. The Kier molecular flexibility index (Phi) is 7.88. The smallest absolute Gasteiger partial charge is 0.0713 e. The van der Waals surface area contributed by atoms with E-state index < -0.39 is 0 Å². The van der Waals surface area contributed by atoms with Gasteiger partial charge in [-0.3, -0.25) is 9.88 Å². The van der Waals surface area contributed by atoms with Crippen molar-refractivity contribution < 1.29 is 0 Å². The van der Waals surface area contributed by atoms with E-state index in [1.54, 1.807) is 5.56 Å². The minimum atomic E-state index is 0.498. The van der Waals surface area contributed by atoms with Crippen LogP contribution in [0.4, 0.5) is 0 Å². The summed E-state index contributed by atoms with van der Waals surface area (Å²) in [5.41, 5.74) is 12.3. The summed E-state index contributed by atoms with van der Waals surface area (Å²) >= 11 is 0. The Bertz CT molecular complexity index is 1080. The Morgan fingerprint density at radius 2 is 1.68 bits per heavy atom. The lowest BCUT2D eigenvalue weighted by atomic mass is 9.87. The third-order valence-electron chi connectivity index (χ3n) is 7.71. The molecule has 0 aliphatic carbocycles. The van der Waals surface area contributed by atoms with Gasteiger partial charge >= 0.3 is 0 Å². The van der Waals surface area contributed by atoms with Gasteiger partial charge in [0.15, 0.2) is 0 Å². The van der Waals surface area contributed by atoms with E-state index in [2.05, 4.69) is 95.0 Å². The topological polar surface area (TPSA) is 16.1 Å². The number of benzene rings is 2. The van der Waals surface area contributed by atoms with E-state index in [-0.39, 0.29) is 0 Å². The van der Waals surface area contributed by atoms with E-state index in [1.807, 2.05) is 0 Å². The zero-order chi connectivity index (χ0) is 24.2. The van der Waals surface area contributed by atoms with E-state index in [9.17, 15) is 0 Å². The molecule has 1 aliphatic heterocycles. The van der Waals surface area contributed by atoms with Gasteiger partial charge in [0, 0.05) is 30.4 Å². The molecule has 2 heterocycles. The second-order valence-corrected chi connectivity index (χ2v) is 10.5. The molecule has 1 atom stereocenters. The standard InChI is InChI=1S/C32H42N2/c1-7-25-13-11-14-26(8-2)32(25)30-20-23(5)29(24(6)33-30)21-34-19-18-27-12-9-10-15-28(27)31(34)17-16-22(3)4/h9-15,20,22,31H,7-8,16-19,21H2,1-6H3. The lowest BCUT2D eigenvalue weighted by Gasteiger charge is -2.38. The van der Waals surface area contributed by atoms with Gasteiger partial charge in [0.05, 0.1) is 5.69 Å². The van der Waals surface area contributed by atoms with Gasteiger partial charge in [0.2, 0.25) is 0 Å². The molecule has 2 heteroatoms. The highest BCUT2D eigenvalue weighted by molar-refractivity contribution is 5.69. The molecule has 0 amide bonds. The van der Waals surface area contributed by atoms with Crippen molar-refractivity contribution in [3.8, 4) is 11.3 Å². The molecule has 34 heavy (non-hydrogen) atoms. The highest BCUT2D eigenvalue weighted by atomic mass is 15.2. The first kappa shape index (κ1) is 24.7. The number of nitrogens with zero attached hydrogens (tertiary/aromatic N) is 2. The summed E-state index contributed by atoms with van der Waals surface area (Å²) in [5.74, 6) is 0.728. The van der Waals surface area contributed by atoms with E-state index >= 15 is 0 Å². The third kappa shape index (κ3) is 5.13. The first-order chi connectivity index (χ1) is 16.4. The van der Waals surface area contributed by atoms with Crippen molar-refractivity contribution in [2.45, 2.75) is 86.2 Å². The Labute approximate surface area is 207 Å². The molecule has 1 aromatic heterocycles. The second kappa shape index (κ2) is 10.9. The molecule has 3 aromatic rings. The molecule has 1 aliphatic rings. The summed E-state index contributed by atoms with van der Waals surface area (Å²) in [5, 5.41) is 0. The maximum atomic E-state index is 5.20. The van der Waals surface area contributed by atoms with Crippen LogP contribution in [-0.2, 0) is 25.8 Å². The predicted octanol–water partition coefficient (Wildman–Crippen LogP) is 8.03. The predicted molar refractivity (Wildman–Crippen MR) is 145 cm³/mol. The molecule has 0 bridgehead atoms. The van der Waals surface area contributed by atoms with Gasteiger partial charge in [-0.1, -0.05) is 70.2 Å². The average molecular weight is 455 g/mol. The second-order valence-electron chi connectivity index (χ2n) is 10.5. The van der Waals surface area contributed by atoms with Crippen LogP contribution >= 0.6 is 0 Å². The van der Waals surface area contributed by atoms with Gasteiger partial charge in [0.25, 0.3) is 0 Å². The van der Waals surface area contributed by atoms with Crippen molar-refractivity contribution in [2.24, 2.45) is 5.92 Å². The normalized spacial score (nSPS) is 16.1. The summed E-state index contributed by atoms with van der Waals surface area (Å²) in [6, 6.07) is 18.7. The van der Waals surface area contributed by atoms with Gasteiger partial charge in [-0.25, -0.2) is 0 Å². The molecule has 1 unspecified atom stereocenters. The average Bonchev–Trinajstić information content (AvgIpc) is 2.84. The number of aryl methyl sites for hydroxylation is 4. The highest BCUT2D eigenvalue weighted by Crippen LogP contribution is 2.36. The van der Waals surface area contributed by atoms with Gasteiger partial charge in [-0.2, -0.15) is 0 Å². The summed E-state index contributed by atoms with van der Waals surface area (Å²) in [6.07, 6.45) is 5.70. The van der Waals surface area contributed by atoms with E-state index in [4.69, 9.17) is 4.98 Å². The number of rotatable bonds is 8. The van der Waals surface area contributed by atoms with Crippen LogP contribution in [0.25, 0.3) is 11.3 Å². The fraction of sp³-hybridized carbons (Fsp3) is 0.469. The monoisotopic (exact) mass is 454 g/mol. The minimum absolute atomic E-state index is 0.498. The maximum Gasteiger partial charge on any atom is 0.0713 e. The molecule has 0 saturated heterocycles. The number of hydrogen-bond acceptors (Lipinski definition) is 2. The van der Waals surface area contributed by atoms with E-state index in [0.29, 0.717) is 6.04 Å². The Balaban J connectivity index is 1.67.